The zero-order valence-electron chi connectivity index (χ0n) is 15.5. The summed E-state index contributed by atoms with van der Waals surface area (Å²) in [6.45, 7) is 4.17. The van der Waals surface area contributed by atoms with E-state index in [1.807, 2.05) is 44.2 Å². The van der Waals surface area contributed by atoms with Gasteiger partial charge < -0.3 is 15.8 Å². The number of pyridine rings is 1. The molecule has 1 unspecified atom stereocenters. The standard InChI is InChI=1S/C20H24N4O3/c1-13(2)18-20(26)24(19-15(27-18)8-9-16(21)23-19)12-17(25)22-11-10-14-6-4-3-5-7-14/h3-9,13,18H,10-12H2,1-2H3,(H2,21,23)(H,22,25). The summed E-state index contributed by atoms with van der Waals surface area (Å²) in [4.78, 5) is 30.8. The van der Waals surface area contributed by atoms with E-state index in [-0.39, 0.29) is 35.9 Å². The highest BCUT2D eigenvalue weighted by molar-refractivity contribution is 6.03. The van der Waals surface area contributed by atoms with Gasteiger partial charge >= 0.3 is 0 Å². The first kappa shape index (κ1) is 18.7. The summed E-state index contributed by atoms with van der Waals surface area (Å²) in [7, 11) is 0. The highest BCUT2D eigenvalue weighted by Crippen LogP contribution is 2.34. The molecule has 0 saturated heterocycles. The summed E-state index contributed by atoms with van der Waals surface area (Å²) < 4.78 is 5.77. The van der Waals surface area contributed by atoms with Crippen molar-refractivity contribution in [1.29, 1.82) is 0 Å². The third-order valence-electron chi connectivity index (χ3n) is 4.37. The molecule has 0 spiro atoms. The Morgan fingerprint density at radius 3 is 2.70 bits per heavy atom. The van der Waals surface area contributed by atoms with Gasteiger partial charge in [-0.1, -0.05) is 44.2 Å². The van der Waals surface area contributed by atoms with Crippen LogP contribution in [-0.2, 0) is 16.0 Å². The number of nitrogen functional groups attached to an aromatic ring is 1. The Balaban J connectivity index is 1.69. The van der Waals surface area contributed by atoms with E-state index >= 15 is 0 Å². The summed E-state index contributed by atoms with van der Waals surface area (Å²) in [6.07, 6.45) is 0.0695. The van der Waals surface area contributed by atoms with E-state index < -0.39 is 6.10 Å². The van der Waals surface area contributed by atoms with E-state index in [1.54, 1.807) is 12.1 Å². The molecule has 7 heteroatoms. The fraction of sp³-hybridized carbons (Fsp3) is 0.350. The monoisotopic (exact) mass is 368 g/mol. The smallest absolute Gasteiger partial charge is 0.270 e. The summed E-state index contributed by atoms with van der Waals surface area (Å²) >= 11 is 0. The summed E-state index contributed by atoms with van der Waals surface area (Å²) in [5.41, 5.74) is 6.89. The SMILES string of the molecule is CC(C)C1Oc2ccc(N)nc2N(CC(=O)NCCc2ccccc2)C1=O. The Bertz CT molecular complexity index is 823. The average molecular weight is 368 g/mol. The molecule has 2 aromatic rings. The van der Waals surface area contributed by atoms with Gasteiger partial charge in [-0.05, 0) is 30.0 Å². The lowest BCUT2D eigenvalue weighted by atomic mass is 10.0. The lowest BCUT2D eigenvalue weighted by Crippen LogP contribution is -2.52. The molecule has 1 aliphatic heterocycles. The minimum Gasteiger partial charge on any atom is -0.476 e. The molecule has 1 aromatic heterocycles. The Kier molecular flexibility index (Phi) is 5.59. The van der Waals surface area contributed by atoms with Crippen LogP contribution in [0, 0.1) is 5.92 Å². The molecule has 0 aliphatic carbocycles. The van der Waals surface area contributed by atoms with E-state index in [4.69, 9.17) is 10.5 Å². The van der Waals surface area contributed by atoms with Crippen molar-refractivity contribution in [3.63, 3.8) is 0 Å². The lowest BCUT2D eigenvalue weighted by molar-refractivity contribution is -0.130. The zero-order chi connectivity index (χ0) is 19.4. The quantitative estimate of drug-likeness (QED) is 0.810. The second kappa shape index (κ2) is 8.07. The molecule has 2 heterocycles. The molecule has 3 N–H and O–H groups in total. The number of nitrogens with zero attached hydrogens (tertiary/aromatic N) is 2. The van der Waals surface area contributed by atoms with E-state index in [9.17, 15) is 9.59 Å². The minimum absolute atomic E-state index is 0.0353. The number of fused-ring (bicyclic) bond motifs is 1. The van der Waals surface area contributed by atoms with Gasteiger partial charge in [-0.3, -0.25) is 14.5 Å². The number of nitrogens with one attached hydrogen (secondary N) is 1. The van der Waals surface area contributed by atoms with Gasteiger partial charge in [-0.15, -0.1) is 0 Å². The molecule has 27 heavy (non-hydrogen) atoms. The van der Waals surface area contributed by atoms with Crippen molar-refractivity contribution in [3.8, 4) is 5.75 Å². The van der Waals surface area contributed by atoms with Crippen LogP contribution in [0.5, 0.6) is 5.75 Å². The fourth-order valence-corrected chi connectivity index (χ4v) is 2.95. The Morgan fingerprint density at radius 2 is 2.00 bits per heavy atom. The number of ether oxygens (including phenoxy) is 1. The maximum atomic E-state index is 12.8. The molecule has 0 radical (unpaired) electrons. The maximum absolute atomic E-state index is 12.8. The predicted octanol–water partition coefficient (Wildman–Crippen LogP) is 1.77. The number of carbonyl (C=O) groups is 2. The molecule has 3 rings (SSSR count). The van der Waals surface area contributed by atoms with Crippen LogP contribution >= 0.6 is 0 Å². The maximum Gasteiger partial charge on any atom is 0.270 e. The minimum atomic E-state index is -0.653. The molecule has 1 atom stereocenters. The summed E-state index contributed by atoms with van der Waals surface area (Å²) in [5.74, 6) is 0.442. The van der Waals surface area contributed by atoms with Gasteiger partial charge in [-0.25, -0.2) is 4.98 Å². The van der Waals surface area contributed by atoms with Gasteiger partial charge in [0, 0.05) is 6.54 Å². The largest absolute Gasteiger partial charge is 0.476 e. The van der Waals surface area contributed by atoms with Crippen LogP contribution in [0.1, 0.15) is 19.4 Å². The number of benzene rings is 1. The lowest BCUT2D eigenvalue weighted by Gasteiger charge is -2.34. The molecule has 1 aromatic carbocycles. The van der Waals surface area contributed by atoms with Gasteiger partial charge in [0.05, 0.1) is 0 Å². The molecule has 2 amide bonds. The second-order valence-electron chi connectivity index (χ2n) is 6.85. The van der Waals surface area contributed by atoms with Crippen molar-refractivity contribution in [2.24, 2.45) is 5.92 Å². The molecule has 0 saturated carbocycles. The number of aromatic nitrogens is 1. The molecule has 0 bridgehead atoms. The van der Waals surface area contributed by atoms with Crippen molar-refractivity contribution < 1.29 is 14.3 Å². The van der Waals surface area contributed by atoms with Crippen molar-refractivity contribution in [3.05, 3.63) is 48.0 Å². The van der Waals surface area contributed by atoms with Crippen LogP contribution in [0.25, 0.3) is 0 Å². The number of hydrogen-bond donors (Lipinski definition) is 2. The molecule has 142 valence electrons. The number of amides is 2. The van der Waals surface area contributed by atoms with E-state index in [2.05, 4.69) is 10.3 Å². The van der Waals surface area contributed by atoms with Gasteiger partial charge in [0.15, 0.2) is 17.7 Å². The van der Waals surface area contributed by atoms with Crippen LogP contribution in [0.3, 0.4) is 0 Å². The fourth-order valence-electron chi connectivity index (χ4n) is 2.95. The average Bonchev–Trinajstić information content (AvgIpc) is 2.64. The first-order chi connectivity index (χ1) is 13.0. The Labute approximate surface area is 158 Å². The van der Waals surface area contributed by atoms with E-state index in [0.717, 1.165) is 12.0 Å². The molecule has 0 fully saturated rings. The molecular weight excluding hydrogens is 344 g/mol. The first-order valence-corrected chi connectivity index (χ1v) is 9.01. The van der Waals surface area contributed by atoms with Crippen molar-refractivity contribution in [2.45, 2.75) is 26.4 Å². The number of rotatable bonds is 6. The van der Waals surface area contributed by atoms with Gasteiger partial charge in [-0.2, -0.15) is 0 Å². The number of hydrogen-bond acceptors (Lipinski definition) is 5. The number of nitrogens with two attached hydrogens (primary N) is 1. The Hall–Kier alpha value is -3.09. The predicted molar refractivity (Wildman–Crippen MR) is 103 cm³/mol. The number of anilines is 2. The highest BCUT2D eigenvalue weighted by atomic mass is 16.5. The van der Waals surface area contributed by atoms with Crippen molar-refractivity contribution >= 4 is 23.5 Å². The highest BCUT2D eigenvalue weighted by Gasteiger charge is 2.38. The topological polar surface area (TPSA) is 97.6 Å². The van der Waals surface area contributed by atoms with Crippen LogP contribution in [-0.4, -0.2) is 36.0 Å². The summed E-state index contributed by atoms with van der Waals surface area (Å²) in [5, 5.41) is 2.86. The van der Waals surface area contributed by atoms with Crippen molar-refractivity contribution in [2.75, 3.05) is 23.7 Å². The van der Waals surface area contributed by atoms with Gasteiger partial charge in [0.1, 0.15) is 12.4 Å². The molecule has 1 aliphatic rings. The number of carbonyl (C=O) groups excluding carboxylic acids is 2. The second-order valence-corrected chi connectivity index (χ2v) is 6.85. The van der Waals surface area contributed by atoms with E-state index in [0.29, 0.717) is 12.3 Å². The van der Waals surface area contributed by atoms with Crippen LogP contribution in [0.15, 0.2) is 42.5 Å². The summed E-state index contributed by atoms with van der Waals surface area (Å²) in [6, 6.07) is 13.2. The van der Waals surface area contributed by atoms with Gasteiger partial charge in [0.25, 0.3) is 5.91 Å². The normalized spacial score (nSPS) is 16.0. The molecule has 7 nitrogen and oxygen atoms in total. The zero-order valence-corrected chi connectivity index (χ0v) is 15.5. The first-order valence-electron chi connectivity index (χ1n) is 9.01. The molecular formula is C20H24N4O3. The van der Waals surface area contributed by atoms with Crippen molar-refractivity contribution in [1.82, 2.24) is 10.3 Å². The third-order valence-corrected chi connectivity index (χ3v) is 4.37. The van der Waals surface area contributed by atoms with Crippen LogP contribution < -0.4 is 20.7 Å². The third kappa shape index (κ3) is 4.36. The van der Waals surface area contributed by atoms with E-state index in [1.165, 1.54) is 4.90 Å². The van der Waals surface area contributed by atoms with Crippen LogP contribution in [0.4, 0.5) is 11.6 Å². The van der Waals surface area contributed by atoms with Gasteiger partial charge in [0.2, 0.25) is 5.91 Å². The van der Waals surface area contributed by atoms with Crippen LogP contribution in [0.2, 0.25) is 0 Å². The Morgan fingerprint density at radius 1 is 1.26 bits per heavy atom.